The van der Waals surface area contributed by atoms with Gasteiger partial charge >= 0.3 is 0 Å². The molecule has 0 saturated carbocycles. The number of benzene rings is 3. The predicted octanol–water partition coefficient (Wildman–Crippen LogP) is 6.14. The summed E-state index contributed by atoms with van der Waals surface area (Å²) in [6, 6.07) is 19.2. The van der Waals surface area contributed by atoms with Gasteiger partial charge in [0, 0.05) is 36.0 Å². The van der Waals surface area contributed by atoms with E-state index < -0.39 is 11.6 Å². The third kappa shape index (κ3) is 5.92. The minimum Gasteiger partial charge on any atom is -0.495 e. The average molecular weight is 475 g/mol. The summed E-state index contributed by atoms with van der Waals surface area (Å²) in [5.74, 6) is 0.468. The lowest BCUT2D eigenvalue weighted by atomic mass is 10.1. The van der Waals surface area contributed by atoms with Crippen molar-refractivity contribution < 1.29 is 23.0 Å². The number of carbonyl (C=O) groups excluding carboxylic acids is 1. The van der Waals surface area contributed by atoms with E-state index in [0.717, 1.165) is 11.8 Å². The van der Waals surface area contributed by atoms with Gasteiger partial charge in [0.2, 0.25) is 0 Å². The van der Waals surface area contributed by atoms with E-state index in [1.54, 1.807) is 50.6 Å². The van der Waals surface area contributed by atoms with Gasteiger partial charge in [-0.25, -0.2) is 13.8 Å². The van der Waals surface area contributed by atoms with Crippen LogP contribution in [0.1, 0.15) is 21.5 Å². The minimum absolute atomic E-state index is 0.0135. The topological polar surface area (TPSA) is 72.5 Å². The first-order valence-corrected chi connectivity index (χ1v) is 10.8. The van der Waals surface area contributed by atoms with Crippen molar-refractivity contribution in [2.45, 2.75) is 13.5 Å². The molecule has 3 aromatic carbocycles. The number of amides is 1. The Kier molecular flexibility index (Phi) is 7.21. The van der Waals surface area contributed by atoms with E-state index >= 15 is 0 Å². The zero-order chi connectivity index (χ0) is 24.8. The first-order chi connectivity index (χ1) is 16.9. The monoisotopic (exact) mass is 475 g/mol. The Morgan fingerprint density at radius 2 is 1.69 bits per heavy atom. The highest BCUT2D eigenvalue weighted by molar-refractivity contribution is 5.96. The van der Waals surface area contributed by atoms with Crippen LogP contribution in [-0.2, 0) is 6.54 Å². The molecule has 0 aliphatic heterocycles. The molecule has 4 aromatic rings. The van der Waals surface area contributed by atoms with Gasteiger partial charge in [0.1, 0.15) is 34.7 Å². The highest BCUT2D eigenvalue weighted by Gasteiger charge is 2.14. The molecule has 0 unspecified atom stereocenters. The largest absolute Gasteiger partial charge is 0.495 e. The average Bonchev–Trinajstić information content (AvgIpc) is 2.84. The van der Waals surface area contributed by atoms with E-state index in [2.05, 4.69) is 15.6 Å². The molecule has 1 heterocycles. The van der Waals surface area contributed by atoms with E-state index in [4.69, 9.17) is 9.47 Å². The molecule has 6 nitrogen and oxygen atoms in total. The number of nitrogens with zero attached hydrogens (tertiary/aromatic N) is 1. The van der Waals surface area contributed by atoms with Gasteiger partial charge in [0.15, 0.2) is 0 Å². The predicted molar refractivity (Wildman–Crippen MR) is 129 cm³/mol. The maximum Gasteiger partial charge on any atom is 0.251 e. The van der Waals surface area contributed by atoms with Crippen LogP contribution in [0.25, 0.3) is 0 Å². The second-order valence-corrected chi connectivity index (χ2v) is 7.69. The van der Waals surface area contributed by atoms with Crippen LogP contribution in [0.4, 0.5) is 20.3 Å². The quantitative estimate of drug-likeness (QED) is 0.320. The zero-order valence-corrected chi connectivity index (χ0v) is 19.1. The fourth-order valence-corrected chi connectivity index (χ4v) is 3.52. The number of methoxy groups -OCH3 is 1. The van der Waals surface area contributed by atoms with Crippen LogP contribution in [0, 0.1) is 18.6 Å². The Morgan fingerprint density at radius 3 is 2.46 bits per heavy atom. The molecule has 0 aliphatic rings. The van der Waals surface area contributed by atoms with Crippen molar-refractivity contribution in [3.63, 3.8) is 0 Å². The summed E-state index contributed by atoms with van der Waals surface area (Å²) in [6.07, 6.45) is 1.61. The zero-order valence-electron chi connectivity index (χ0n) is 19.1. The summed E-state index contributed by atoms with van der Waals surface area (Å²) in [5.41, 5.74) is 2.09. The normalized spacial score (nSPS) is 10.5. The van der Waals surface area contributed by atoms with Crippen LogP contribution < -0.4 is 20.1 Å². The Balaban J connectivity index is 1.48. The molecule has 0 spiro atoms. The van der Waals surface area contributed by atoms with Crippen molar-refractivity contribution in [3.05, 3.63) is 107 Å². The SMILES string of the molecule is COc1ccccc1Nc1cc(Oc2cccc(C(=O)NCc3cc(F)cc(F)c3)c2C)ccn1. The summed E-state index contributed by atoms with van der Waals surface area (Å²) in [6.45, 7) is 1.75. The molecule has 0 bridgehead atoms. The first-order valence-electron chi connectivity index (χ1n) is 10.8. The van der Waals surface area contributed by atoms with Gasteiger partial charge in [-0.15, -0.1) is 0 Å². The molecule has 0 aliphatic carbocycles. The van der Waals surface area contributed by atoms with Gasteiger partial charge in [-0.05, 0) is 55.0 Å². The van der Waals surface area contributed by atoms with Crippen molar-refractivity contribution in [2.24, 2.45) is 0 Å². The third-order valence-corrected chi connectivity index (χ3v) is 5.23. The molecule has 0 fully saturated rings. The number of hydrogen-bond donors (Lipinski definition) is 2. The van der Waals surface area contributed by atoms with Crippen LogP contribution in [0.3, 0.4) is 0 Å². The lowest BCUT2D eigenvalue weighted by Gasteiger charge is -2.14. The molecular formula is C27H23F2N3O3. The van der Waals surface area contributed by atoms with Crippen LogP contribution in [0.5, 0.6) is 17.2 Å². The molecule has 8 heteroatoms. The number of rotatable bonds is 8. The van der Waals surface area contributed by atoms with E-state index in [1.807, 2.05) is 24.3 Å². The highest BCUT2D eigenvalue weighted by Crippen LogP contribution is 2.30. The summed E-state index contributed by atoms with van der Waals surface area (Å²) in [5, 5.41) is 5.89. The number of aromatic nitrogens is 1. The maximum absolute atomic E-state index is 13.4. The fraction of sp³-hybridized carbons (Fsp3) is 0.111. The Hall–Kier alpha value is -4.46. The van der Waals surface area contributed by atoms with Gasteiger partial charge in [0.25, 0.3) is 5.91 Å². The standard InChI is InChI=1S/C27H23F2N3O3/c1-17-22(27(33)31-16-18-12-19(28)14-20(29)13-18)6-5-9-24(17)35-21-10-11-30-26(15-21)32-23-7-3-4-8-25(23)34-2/h3-15H,16H2,1-2H3,(H,30,32)(H,31,33). The summed E-state index contributed by atoms with van der Waals surface area (Å²) in [7, 11) is 1.59. The van der Waals surface area contributed by atoms with Crippen LogP contribution in [0.2, 0.25) is 0 Å². The van der Waals surface area contributed by atoms with Crippen molar-refractivity contribution in [3.8, 4) is 17.2 Å². The minimum atomic E-state index is -0.697. The molecule has 1 amide bonds. The molecule has 2 N–H and O–H groups in total. The van der Waals surface area contributed by atoms with Gasteiger partial charge in [-0.2, -0.15) is 0 Å². The van der Waals surface area contributed by atoms with Crippen LogP contribution in [0.15, 0.2) is 79.0 Å². The number of nitrogens with one attached hydrogen (secondary N) is 2. The first kappa shape index (κ1) is 23.7. The van der Waals surface area contributed by atoms with Crippen molar-refractivity contribution in [1.82, 2.24) is 10.3 Å². The summed E-state index contributed by atoms with van der Waals surface area (Å²) in [4.78, 5) is 17.1. The van der Waals surface area contributed by atoms with Crippen molar-refractivity contribution in [2.75, 3.05) is 12.4 Å². The van der Waals surface area contributed by atoms with Gasteiger partial charge in [-0.1, -0.05) is 18.2 Å². The molecule has 0 atom stereocenters. The van der Waals surface area contributed by atoms with Gasteiger partial charge in [0.05, 0.1) is 12.8 Å². The Morgan fingerprint density at radius 1 is 0.943 bits per heavy atom. The summed E-state index contributed by atoms with van der Waals surface area (Å²) < 4.78 is 38.2. The lowest BCUT2D eigenvalue weighted by Crippen LogP contribution is -2.23. The third-order valence-electron chi connectivity index (χ3n) is 5.23. The fourth-order valence-electron chi connectivity index (χ4n) is 3.52. The van der Waals surface area contributed by atoms with Crippen molar-refractivity contribution >= 4 is 17.4 Å². The number of ether oxygens (including phenoxy) is 2. The van der Waals surface area contributed by atoms with E-state index in [1.165, 1.54) is 12.1 Å². The number of pyridine rings is 1. The molecule has 0 saturated heterocycles. The number of carbonyl (C=O) groups is 1. The van der Waals surface area contributed by atoms with Gasteiger partial charge < -0.3 is 20.1 Å². The molecule has 0 radical (unpaired) electrons. The van der Waals surface area contributed by atoms with Gasteiger partial charge in [-0.3, -0.25) is 4.79 Å². The molecule has 178 valence electrons. The molecule has 1 aromatic heterocycles. The number of halogens is 2. The smallest absolute Gasteiger partial charge is 0.251 e. The number of anilines is 2. The Labute approximate surface area is 201 Å². The highest BCUT2D eigenvalue weighted by atomic mass is 19.1. The summed E-state index contributed by atoms with van der Waals surface area (Å²) >= 11 is 0. The number of para-hydroxylation sites is 2. The second kappa shape index (κ2) is 10.6. The lowest BCUT2D eigenvalue weighted by molar-refractivity contribution is 0.0950. The van der Waals surface area contributed by atoms with Crippen LogP contribution in [-0.4, -0.2) is 18.0 Å². The van der Waals surface area contributed by atoms with E-state index in [-0.39, 0.29) is 12.5 Å². The Bertz CT molecular complexity index is 1340. The van der Waals surface area contributed by atoms with E-state index in [9.17, 15) is 13.6 Å². The molecular weight excluding hydrogens is 452 g/mol. The molecule has 4 rings (SSSR count). The molecule has 35 heavy (non-hydrogen) atoms. The van der Waals surface area contributed by atoms with E-state index in [0.29, 0.717) is 39.8 Å². The second-order valence-electron chi connectivity index (χ2n) is 7.69. The van der Waals surface area contributed by atoms with Crippen LogP contribution >= 0.6 is 0 Å². The maximum atomic E-state index is 13.4. The number of hydrogen-bond acceptors (Lipinski definition) is 5. The van der Waals surface area contributed by atoms with Crippen molar-refractivity contribution in [1.29, 1.82) is 0 Å².